The van der Waals surface area contributed by atoms with Crippen molar-refractivity contribution in [2.75, 3.05) is 46.3 Å². The van der Waals surface area contributed by atoms with E-state index in [1.807, 2.05) is 0 Å². The maximum absolute atomic E-state index is 3.72. The second-order valence-corrected chi connectivity index (χ2v) is 8.40. The minimum atomic E-state index is 0.340. The highest BCUT2D eigenvalue weighted by Gasteiger charge is 2.34. The van der Waals surface area contributed by atoms with Gasteiger partial charge in [0.1, 0.15) is 0 Å². The zero-order valence-corrected chi connectivity index (χ0v) is 15.7. The van der Waals surface area contributed by atoms with Crippen molar-refractivity contribution in [1.82, 2.24) is 20.0 Å². The van der Waals surface area contributed by atoms with Gasteiger partial charge in [0.2, 0.25) is 0 Å². The van der Waals surface area contributed by atoms with E-state index >= 15 is 0 Å². The quantitative estimate of drug-likeness (QED) is 0.691. The molecule has 2 saturated heterocycles. The van der Waals surface area contributed by atoms with Gasteiger partial charge in [-0.3, -0.25) is 9.80 Å². The van der Waals surface area contributed by atoms with E-state index in [-0.39, 0.29) is 0 Å². The smallest absolute Gasteiger partial charge is 0.0347 e. The molecule has 0 bridgehead atoms. The van der Waals surface area contributed by atoms with Crippen molar-refractivity contribution in [2.45, 2.75) is 71.1 Å². The molecule has 0 aromatic heterocycles. The van der Waals surface area contributed by atoms with E-state index in [0.29, 0.717) is 5.54 Å². The zero-order valence-electron chi connectivity index (χ0n) is 15.7. The maximum atomic E-state index is 3.72. The first-order valence-electron chi connectivity index (χ1n) is 9.24. The van der Waals surface area contributed by atoms with E-state index in [2.05, 4.69) is 61.7 Å². The lowest BCUT2D eigenvalue weighted by Crippen LogP contribution is -2.63. The molecule has 2 aliphatic heterocycles. The van der Waals surface area contributed by atoms with Crippen molar-refractivity contribution >= 4 is 0 Å². The second kappa shape index (κ2) is 7.61. The standard InChI is InChI=1S/C18H38N4/c1-7-20(6)17-13-21(14-17)15(2)9-8-10-19-16-11-22(12-16)18(3,4)5/h15-17,19H,7-14H2,1-6H3. The van der Waals surface area contributed by atoms with E-state index in [9.17, 15) is 0 Å². The topological polar surface area (TPSA) is 21.8 Å². The molecule has 22 heavy (non-hydrogen) atoms. The highest BCUT2D eigenvalue weighted by Crippen LogP contribution is 2.21. The Morgan fingerprint density at radius 3 is 2.36 bits per heavy atom. The molecular formula is C18H38N4. The summed E-state index contributed by atoms with van der Waals surface area (Å²) >= 11 is 0. The van der Waals surface area contributed by atoms with Gasteiger partial charge in [-0.2, -0.15) is 0 Å². The number of likely N-dealkylation sites (N-methyl/N-ethyl adjacent to an activating group) is 1. The first kappa shape index (κ1) is 18.2. The first-order valence-corrected chi connectivity index (χ1v) is 9.24. The predicted octanol–water partition coefficient (Wildman–Crippen LogP) is 1.86. The summed E-state index contributed by atoms with van der Waals surface area (Å²) in [5.74, 6) is 0. The largest absolute Gasteiger partial charge is 0.311 e. The molecule has 0 saturated carbocycles. The monoisotopic (exact) mass is 310 g/mol. The number of nitrogens with zero attached hydrogens (tertiary/aromatic N) is 3. The minimum absolute atomic E-state index is 0.340. The van der Waals surface area contributed by atoms with Crippen molar-refractivity contribution in [3.8, 4) is 0 Å². The SMILES string of the molecule is CCN(C)C1CN(C(C)CCCNC2CN(C(C)(C)C)C2)C1. The van der Waals surface area contributed by atoms with Crippen molar-refractivity contribution in [3.05, 3.63) is 0 Å². The van der Waals surface area contributed by atoms with Crippen molar-refractivity contribution in [3.63, 3.8) is 0 Å². The molecule has 2 aliphatic rings. The average molecular weight is 311 g/mol. The third kappa shape index (κ3) is 4.67. The Morgan fingerprint density at radius 2 is 1.82 bits per heavy atom. The summed E-state index contributed by atoms with van der Waals surface area (Å²) in [4.78, 5) is 7.67. The number of rotatable bonds is 8. The van der Waals surface area contributed by atoms with E-state index in [0.717, 1.165) is 18.1 Å². The van der Waals surface area contributed by atoms with Crippen LogP contribution in [0.5, 0.6) is 0 Å². The lowest BCUT2D eigenvalue weighted by molar-refractivity contribution is 0.0196. The molecule has 0 radical (unpaired) electrons. The van der Waals surface area contributed by atoms with Gasteiger partial charge in [-0.15, -0.1) is 0 Å². The second-order valence-electron chi connectivity index (χ2n) is 8.40. The van der Waals surface area contributed by atoms with Crippen LogP contribution in [0.15, 0.2) is 0 Å². The van der Waals surface area contributed by atoms with Gasteiger partial charge in [0.25, 0.3) is 0 Å². The Kier molecular flexibility index (Phi) is 6.29. The lowest BCUT2D eigenvalue weighted by Gasteiger charge is -2.48. The average Bonchev–Trinajstić information content (AvgIpc) is 2.32. The first-order chi connectivity index (χ1) is 10.3. The van der Waals surface area contributed by atoms with Gasteiger partial charge in [0, 0.05) is 49.8 Å². The molecular weight excluding hydrogens is 272 g/mol. The molecule has 2 rings (SSSR count). The third-order valence-corrected chi connectivity index (χ3v) is 5.70. The van der Waals surface area contributed by atoms with Gasteiger partial charge in [0.15, 0.2) is 0 Å². The predicted molar refractivity (Wildman–Crippen MR) is 95.5 cm³/mol. The summed E-state index contributed by atoms with van der Waals surface area (Å²) in [5, 5.41) is 3.72. The summed E-state index contributed by atoms with van der Waals surface area (Å²) in [6.45, 7) is 18.9. The fourth-order valence-corrected chi connectivity index (χ4v) is 3.43. The van der Waals surface area contributed by atoms with Gasteiger partial charge in [0.05, 0.1) is 0 Å². The van der Waals surface area contributed by atoms with Crippen LogP contribution in [0.4, 0.5) is 0 Å². The fourth-order valence-electron chi connectivity index (χ4n) is 3.43. The molecule has 130 valence electrons. The van der Waals surface area contributed by atoms with Crippen LogP contribution in [-0.2, 0) is 0 Å². The van der Waals surface area contributed by atoms with Crippen LogP contribution >= 0.6 is 0 Å². The molecule has 1 atom stereocenters. The van der Waals surface area contributed by atoms with E-state index in [1.165, 1.54) is 52.1 Å². The van der Waals surface area contributed by atoms with Crippen LogP contribution in [0.2, 0.25) is 0 Å². The Hall–Kier alpha value is -0.160. The summed E-state index contributed by atoms with van der Waals surface area (Å²) in [7, 11) is 2.25. The van der Waals surface area contributed by atoms with Gasteiger partial charge in [-0.1, -0.05) is 6.92 Å². The zero-order chi connectivity index (χ0) is 16.3. The van der Waals surface area contributed by atoms with Crippen LogP contribution in [0.1, 0.15) is 47.5 Å². The van der Waals surface area contributed by atoms with Crippen LogP contribution < -0.4 is 5.32 Å². The number of nitrogens with one attached hydrogen (secondary N) is 1. The molecule has 1 N–H and O–H groups in total. The van der Waals surface area contributed by atoms with Crippen LogP contribution in [0, 0.1) is 0 Å². The van der Waals surface area contributed by atoms with E-state index in [1.54, 1.807) is 0 Å². The normalized spacial score (nSPS) is 23.6. The highest BCUT2D eigenvalue weighted by atomic mass is 15.3. The Balaban J connectivity index is 1.48. The van der Waals surface area contributed by atoms with Gasteiger partial charge >= 0.3 is 0 Å². The number of hydrogen-bond donors (Lipinski definition) is 1. The summed E-state index contributed by atoms with van der Waals surface area (Å²) in [6, 6.07) is 2.26. The van der Waals surface area contributed by atoms with Crippen LogP contribution in [0.3, 0.4) is 0 Å². The third-order valence-electron chi connectivity index (χ3n) is 5.70. The van der Waals surface area contributed by atoms with Gasteiger partial charge in [-0.25, -0.2) is 0 Å². The van der Waals surface area contributed by atoms with Crippen LogP contribution in [0.25, 0.3) is 0 Å². The molecule has 0 amide bonds. The van der Waals surface area contributed by atoms with Crippen molar-refractivity contribution < 1.29 is 0 Å². The van der Waals surface area contributed by atoms with Gasteiger partial charge < -0.3 is 10.2 Å². The molecule has 2 fully saturated rings. The van der Waals surface area contributed by atoms with E-state index < -0.39 is 0 Å². The lowest BCUT2D eigenvalue weighted by atomic mass is 9.97. The Labute approximate surface area is 138 Å². The molecule has 0 aromatic carbocycles. The molecule has 4 nitrogen and oxygen atoms in total. The molecule has 0 aromatic rings. The fraction of sp³-hybridized carbons (Fsp3) is 1.00. The molecule has 0 aliphatic carbocycles. The van der Waals surface area contributed by atoms with Crippen molar-refractivity contribution in [2.24, 2.45) is 0 Å². The van der Waals surface area contributed by atoms with E-state index in [4.69, 9.17) is 0 Å². The van der Waals surface area contributed by atoms with Gasteiger partial charge in [-0.05, 0) is 60.7 Å². The molecule has 4 heteroatoms. The molecule has 0 spiro atoms. The summed E-state index contributed by atoms with van der Waals surface area (Å²) < 4.78 is 0. The highest BCUT2D eigenvalue weighted by molar-refractivity contribution is 4.93. The Bertz CT molecular complexity index is 326. The van der Waals surface area contributed by atoms with Crippen LogP contribution in [-0.4, -0.2) is 84.7 Å². The van der Waals surface area contributed by atoms with Crippen molar-refractivity contribution in [1.29, 1.82) is 0 Å². The Morgan fingerprint density at radius 1 is 1.18 bits per heavy atom. The molecule has 2 heterocycles. The maximum Gasteiger partial charge on any atom is 0.0347 e. The summed E-state index contributed by atoms with van der Waals surface area (Å²) in [6.07, 6.45) is 2.63. The number of likely N-dealkylation sites (tertiary alicyclic amines) is 2. The number of hydrogen-bond acceptors (Lipinski definition) is 4. The molecule has 1 unspecified atom stereocenters. The minimum Gasteiger partial charge on any atom is -0.311 e. The summed E-state index contributed by atoms with van der Waals surface area (Å²) in [5.41, 5.74) is 0.340.